The smallest absolute Gasteiger partial charge is 0.217 e. The first-order chi connectivity index (χ1) is 13.9. The molecule has 1 fully saturated rings. The largest absolute Gasteiger partial charge is 0.353 e. The number of benzene rings is 1. The van der Waals surface area contributed by atoms with E-state index in [1.165, 1.54) is 23.9 Å². The molecule has 2 aliphatic carbocycles. The fourth-order valence-corrected chi connectivity index (χ4v) is 4.93. The van der Waals surface area contributed by atoms with Crippen LogP contribution >= 0.6 is 0 Å². The molecule has 0 aliphatic heterocycles. The van der Waals surface area contributed by atoms with Crippen LogP contribution in [0.4, 0.5) is 10.1 Å². The fourth-order valence-electron chi connectivity index (χ4n) is 4.93. The summed E-state index contributed by atoms with van der Waals surface area (Å²) in [7, 11) is 0. The van der Waals surface area contributed by atoms with Crippen LogP contribution in [0.15, 0.2) is 53.6 Å². The van der Waals surface area contributed by atoms with Crippen LogP contribution in [0, 0.1) is 28.5 Å². The van der Waals surface area contributed by atoms with Gasteiger partial charge in [-0.15, -0.1) is 6.58 Å². The van der Waals surface area contributed by atoms with Gasteiger partial charge in [-0.05, 0) is 73.8 Å². The third-order valence-electron chi connectivity index (χ3n) is 6.46. The van der Waals surface area contributed by atoms with Crippen molar-refractivity contribution in [1.82, 2.24) is 5.32 Å². The number of hydrogen-bond acceptors (Lipinski definition) is 3. The number of allylic oxidation sites excluding steroid dienone is 2. The summed E-state index contributed by atoms with van der Waals surface area (Å²) in [5, 5.41) is 11.0. The SMILES string of the molecule is C=CCC(CC1CCC2=CC(=Nc3ccc(F)cc3)C(C=N)CC21C)NC(C)=O. The maximum Gasteiger partial charge on any atom is 0.217 e. The molecular weight excluding hydrogens is 365 g/mol. The van der Waals surface area contributed by atoms with Crippen molar-refractivity contribution in [3.05, 3.63) is 54.4 Å². The van der Waals surface area contributed by atoms with Gasteiger partial charge < -0.3 is 10.7 Å². The van der Waals surface area contributed by atoms with Gasteiger partial charge >= 0.3 is 0 Å². The van der Waals surface area contributed by atoms with Crippen molar-refractivity contribution in [1.29, 1.82) is 5.41 Å². The molecule has 154 valence electrons. The van der Waals surface area contributed by atoms with Crippen molar-refractivity contribution in [2.45, 2.75) is 52.0 Å². The molecule has 0 radical (unpaired) electrons. The van der Waals surface area contributed by atoms with Crippen LogP contribution in [0.25, 0.3) is 0 Å². The number of nitrogens with zero attached hydrogens (tertiary/aromatic N) is 1. The minimum absolute atomic E-state index is 0.00191. The lowest BCUT2D eigenvalue weighted by Gasteiger charge is -2.40. The van der Waals surface area contributed by atoms with Crippen LogP contribution in [-0.4, -0.2) is 23.9 Å². The Balaban J connectivity index is 1.85. The summed E-state index contributed by atoms with van der Waals surface area (Å²) in [6.45, 7) is 7.68. The van der Waals surface area contributed by atoms with Gasteiger partial charge in [0.15, 0.2) is 0 Å². The molecular formula is C24H30FN3O. The van der Waals surface area contributed by atoms with Gasteiger partial charge in [-0.25, -0.2) is 4.39 Å². The minimum Gasteiger partial charge on any atom is -0.353 e. The molecule has 0 heterocycles. The third-order valence-corrected chi connectivity index (χ3v) is 6.46. The van der Waals surface area contributed by atoms with Gasteiger partial charge in [-0.3, -0.25) is 9.79 Å². The lowest BCUT2D eigenvalue weighted by Crippen LogP contribution is -2.39. The lowest BCUT2D eigenvalue weighted by molar-refractivity contribution is -0.119. The van der Waals surface area contributed by atoms with Crippen LogP contribution in [0.2, 0.25) is 0 Å². The van der Waals surface area contributed by atoms with E-state index in [9.17, 15) is 9.18 Å². The monoisotopic (exact) mass is 395 g/mol. The molecule has 0 saturated heterocycles. The van der Waals surface area contributed by atoms with Crippen LogP contribution in [0.5, 0.6) is 0 Å². The molecule has 4 atom stereocenters. The van der Waals surface area contributed by atoms with Gasteiger partial charge in [0, 0.05) is 30.8 Å². The summed E-state index contributed by atoms with van der Waals surface area (Å²) in [4.78, 5) is 16.3. The molecule has 0 aromatic heterocycles. The van der Waals surface area contributed by atoms with Crippen molar-refractivity contribution in [3.63, 3.8) is 0 Å². The highest BCUT2D eigenvalue weighted by atomic mass is 19.1. The predicted molar refractivity (Wildman–Crippen MR) is 116 cm³/mol. The molecule has 4 nitrogen and oxygen atoms in total. The molecule has 0 bridgehead atoms. The molecule has 2 aliphatic rings. The number of carbonyl (C=O) groups is 1. The van der Waals surface area contributed by atoms with E-state index in [1.807, 2.05) is 6.08 Å². The normalized spacial score (nSPS) is 28.4. The highest BCUT2D eigenvalue weighted by Gasteiger charge is 2.47. The number of rotatable bonds is 7. The summed E-state index contributed by atoms with van der Waals surface area (Å²) >= 11 is 0. The van der Waals surface area contributed by atoms with Crippen molar-refractivity contribution in [2.75, 3.05) is 0 Å². The Labute approximate surface area is 172 Å². The van der Waals surface area contributed by atoms with Crippen molar-refractivity contribution < 1.29 is 9.18 Å². The minimum atomic E-state index is -0.279. The summed E-state index contributed by atoms with van der Waals surface area (Å²) in [5.74, 6) is 0.0953. The number of aliphatic imine (C=N–C) groups is 1. The summed E-state index contributed by atoms with van der Waals surface area (Å²) in [5.41, 5.74) is 2.97. The zero-order valence-electron chi connectivity index (χ0n) is 17.2. The molecule has 1 aromatic rings. The van der Waals surface area contributed by atoms with E-state index in [0.717, 1.165) is 37.8 Å². The maximum atomic E-state index is 13.2. The fraction of sp³-hybridized carbons (Fsp3) is 0.458. The number of amides is 1. The Bertz CT molecular complexity index is 842. The van der Waals surface area contributed by atoms with E-state index in [1.54, 1.807) is 19.1 Å². The molecule has 5 heteroatoms. The van der Waals surface area contributed by atoms with Gasteiger partial charge in [0.05, 0.1) is 5.69 Å². The molecule has 1 saturated carbocycles. The van der Waals surface area contributed by atoms with E-state index in [-0.39, 0.29) is 29.1 Å². The number of fused-ring (bicyclic) bond motifs is 1. The highest BCUT2D eigenvalue weighted by molar-refractivity contribution is 6.07. The Hall–Kier alpha value is -2.56. The average molecular weight is 396 g/mol. The summed E-state index contributed by atoms with van der Waals surface area (Å²) in [6, 6.07) is 6.25. The highest BCUT2D eigenvalue weighted by Crippen LogP contribution is 2.55. The first-order valence-corrected chi connectivity index (χ1v) is 10.3. The van der Waals surface area contributed by atoms with Crippen molar-refractivity contribution in [2.24, 2.45) is 22.2 Å². The van der Waals surface area contributed by atoms with E-state index in [2.05, 4.69) is 24.9 Å². The quantitative estimate of drug-likeness (QED) is 0.472. The number of hydrogen-bond donors (Lipinski definition) is 2. The van der Waals surface area contributed by atoms with Gasteiger partial charge in [0.25, 0.3) is 0 Å². The Morgan fingerprint density at radius 1 is 1.45 bits per heavy atom. The summed E-state index contributed by atoms with van der Waals surface area (Å²) in [6.07, 6.45) is 10.1. The number of carbonyl (C=O) groups excluding carboxylic acids is 1. The van der Waals surface area contributed by atoms with Crippen LogP contribution < -0.4 is 5.32 Å². The van der Waals surface area contributed by atoms with E-state index in [0.29, 0.717) is 11.6 Å². The summed E-state index contributed by atoms with van der Waals surface area (Å²) < 4.78 is 13.2. The number of nitrogens with one attached hydrogen (secondary N) is 2. The molecule has 2 N–H and O–H groups in total. The third kappa shape index (κ3) is 4.72. The predicted octanol–water partition coefficient (Wildman–Crippen LogP) is 5.38. The first kappa shape index (κ1) is 21.2. The maximum absolute atomic E-state index is 13.2. The number of halogens is 1. The van der Waals surface area contributed by atoms with Crippen molar-refractivity contribution >= 4 is 23.5 Å². The molecule has 29 heavy (non-hydrogen) atoms. The molecule has 0 spiro atoms. The van der Waals surface area contributed by atoms with Crippen LogP contribution in [0.3, 0.4) is 0 Å². The lowest BCUT2D eigenvalue weighted by atomic mass is 9.65. The molecule has 1 aromatic carbocycles. The van der Waals surface area contributed by atoms with Crippen molar-refractivity contribution in [3.8, 4) is 0 Å². The molecule has 3 rings (SSSR count). The van der Waals surface area contributed by atoms with Gasteiger partial charge in [-0.2, -0.15) is 0 Å². The second-order valence-electron chi connectivity index (χ2n) is 8.47. The van der Waals surface area contributed by atoms with Gasteiger partial charge in [0.1, 0.15) is 5.82 Å². The zero-order valence-corrected chi connectivity index (χ0v) is 17.2. The topological polar surface area (TPSA) is 65.3 Å². The Morgan fingerprint density at radius 2 is 2.17 bits per heavy atom. The van der Waals surface area contributed by atoms with E-state index in [4.69, 9.17) is 10.4 Å². The average Bonchev–Trinajstić information content (AvgIpc) is 2.98. The standard InChI is InChI=1S/C24H30FN3O/c1-4-5-22(27-16(2)29)12-18-6-7-19-13-23(17(15-26)14-24(18,19)3)28-21-10-8-20(25)9-11-21/h4,8-11,13,15,17-18,22,26H,1,5-7,12,14H2,2-3H3,(H,27,29). The van der Waals surface area contributed by atoms with Crippen LogP contribution in [0.1, 0.15) is 46.0 Å². The zero-order chi connectivity index (χ0) is 21.0. The second kappa shape index (κ2) is 8.85. The van der Waals surface area contributed by atoms with Crippen LogP contribution in [-0.2, 0) is 4.79 Å². The van der Waals surface area contributed by atoms with E-state index < -0.39 is 0 Å². The molecule has 1 amide bonds. The molecule has 4 unspecified atom stereocenters. The first-order valence-electron chi connectivity index (χ1n) is 10.3. The van der Waals surface area contributed by atoms with E-state index >= 15 is 0 Å². The second-order valence-corrected chi connectivity index (χ2v) is 8.47. The van der Waals surface area contributed by atoms with Gasteiger partial charge in [0.2, 0.25) is 5.91 Å². The van der Waals surface area contributed by atoms with Gasteiger partial charge in [-0.1, -0.05) is 18.6 Å². The Kier molecular flexibility index (Phi) is 6.46. The Morgan fingerprint density at radius 3 is 2.79 bits per heavy atom.